The molecule has 0 aromatic heterocycles. The van der Waals surface area contributed by atoms with Crippen molar-refractivity contribution >= 4 is 46.6 Å². The monoisotopic (exact) mass is 372 g/mol. The second kappa shape index (κ2) is 7.55. The molecule has 0 radical (unpaired) electrons. The van der Waals surface area contributed by atoms with E-state index in [9.17, 15) is 4.79 Å². The molecule has 0 spiro atoms. The maximum absolute atomic E-state index is 12.0. The molecule has 0 amide bonds. The lowest BCUT2D eigenvalue weighted by atomic mass is 10.2. The molecule has 0 saturated carbocycles. The van der Waals surface area contributed by atoms with Crippen molar-refractivity contribution in [2.24, 2.45) is 10.9 Å². The summed E-state index contributed by atoms with van der Waals surface area (Å²) >= 11 is 17.7. The third-order valence-electron chi connectivity index (χ3n) is 2.84. The topological polar surface area (TPSA) is 73.9 Å². The summed E-state index contributed by atoms with van der Waals surface area (Å²) in [6, 6.07) is 9.37. The Labute approximate surface area is 147 Å². The van der Waals surface area contributed by atoms with Gasteiger partial charge in [-0.2, -0.15) is 0 Å². The Bertz CT molecular complexity index is 779. The number of rotatable bonds is 4. The summed E-state index contributed by atoms with van der Waals surface area (Å²) in [5.41, 5.74) is 6.28. The van der Waals surface area contributed by atoms with Crippen LogP contribution in [0.2, 0.25) is 15.1 Å². The molecular weight excluding hydrogens is 363 g/mol. The number of ether oxygens (including phenoxy) is 1. The van der Waals surface area contributed by atoms with Gasteiger partial charge < -0.3 is 15.3 Å². The predicted molar refractivity (Wildman–Crippen MR) is 90.6 cm³/mol. The Morgan fingerprint density at radius 3 is 2.57 bits per heavy atom. The number of carbonyl (C=O) groups excluding carboxylic acids is 1. The van der Waals surface area contributed by atoms with Gasteiger partial charge in [-0.1, -0.05) is 46.0 Å². The predicted octanol–water partition coefficient (Wildman–Crippen LogP) is 4.13. The van der Waals surface area contributed by atoms with Gasteiger partial charge in [-0.15, -0.1) is 0 Å². The van der Waals surface area contributed by atoms with Gasteiger partial charge >= 0.3 is 5.97 Å². The molecule has 2 aromatic rings. The maximum Gasteiger partial charge on any atom is 0.367 e. The van der Waals surface area contributed by atoms with Crippen LogP contribution in [-0.2, 0) is 4.84 Å². The first-order valence-corrected chi connectivity index (χ1v) is 7.40. The van der Waals surface area contributed by atoms with Crippen LogP contribution in [0.15, 0.2) is 41.6 Å². The van der Waals surface area contributed by atoms with E-state index in [1.165, 1.54) is 13.2 Å². The van der Waals surface area contributed by atoms with Gasteiger partial charge in [-0.3, -0.25) is 0 Å². The van der Waals surface area contributed by atoms with Crippen molar-refractivity contribution in [3.63, 3.8) is 0 Å². The van der Waals surface area contributed by atoms with Crippen molar-refractivity contribution < 1.29 is 14.4 Å². The fourth-order valence-electron chi connectivity index (χ4n) is 1.73. The van der Waals surface area contributed by atoms with E-state index in [1.54, 1.807) is 30.3 Å². The third-order valence-corrected chi connectivity index (χ3v) is 3.89. The number of nitrogens with two attached hydrogens (primary N) is 1. The molecule has 0 saturated heterocycles. The minimum absolute atomic E-state index is 0.0733. The molecule has 0 aliphatic rings. The average molecular weight is 374 g/mol. The quantitative estimate of drug-likeness (QED) is 0.378. The van der Waals surface area contributed by atoms with Crippen LogP contribution >= 0.6 is 34.8 Å². The van der Waals surface area contributed by atoms with E-state index in [-0.39, 0.29) is 21.4 Å². The first-order chi connectivity index (χ1) is 10.9. The fraction of sp³-hybridized carbons (Fsp3) is 0.0667. The second-order valence-electron chi connectivity index (χ2n) is 4.30. The largest absolute Gasteiger partial charge is 0.496 e. The van der Waals surface area contributed by atoms with Crippen LogP contribution in [0, 0.1) is 0 Å². The first-order valence-electron chi connectivity index (χ1n) is 6.26. The van der Waals surface area contributed by atoms with Gasteiger partial charge in [0.05, 0.1) is 28.3 Å². The van der Waals surface area contributed by atoms with Gasteiger partial charge in [0.1, 0.15) is 5.75 Å². The molecule has 0 heterocycles. The molecule has 120 valence electrons. The van der Waals surface area contributed by atoms with Gasteiger partial charge in [0.2, 0.25) is 0 Å². The molecule has 0 bridgehead atoms. The number of benzene rings is 2. The highest BCUT2D eigenvalue weighted by Gasteiger charge is 2.15. The van der Waals surface area contributed by atoms with Crippen LogP contribution in [0.5, 0.6) is 5.75 Å². The van der Waals surface area contributed by atoms with Gasteiger partial charge in [-0.25, -0.2) is 4.79 Å². The minimum Gasteiger partial charge on any atom is -0.496 e. The molecule has 0 aliphatic carbocycles. The lowest BCUT2D eigenvalue weighted by molar-refractivity contribution is 0.0516. The number of oxime groups is 1. The fourth-order valence-corrected chi connectivity index (χ4v) is 2.28. The minimum atomic E-state index is -0.790. The molecular formula is C15H11Cl3N2O3. The number of hydrogen-bond acceptors (Lipinski definition) is 4. The zero-order valence-corrected chi connectivity index (χ0v) is 14.1. The molecule has 23 heavy (non-hydrogen) atoms. The van der Waals surface area contributed by atoms with Crippen LogP contribution in [0.4, 0.5) is 0 Å². The molecule has 8 heteroatoms. The highest BCUT2D eigenvalue weighted by molar-refractivity contribution is 6.43. The zero-order chi connectivity index (χ0) is 17.0. The third kappa shape index (κ3) is 4.07. The van der Waals surface area contributed by atoms with Crippen LogP contribution < -0.4 is 10.5 Å². The zero-order valence-electron chi connectivity index (χ0n) is 11.8. The summed E-state index contributed by atoms with van der Waals surface area (Å²) in [6.45, 7) is 0. The molecule has 2 rings (SSSR count). The maximum atomic E-state index is 12.0. The molecule has 0 atom stereocenters. The molecule has 2 N–H and O–H groups in total. The first kappa shape index (κ1) is 17.4. The number of halogens is 3. The van der Waals surface area contributed by atoms with E-state index >= 15 is 0 Å². The van der Waals surface area contributed by atoms with E-state index in [0.29, 0.717) is 16.3 Å². The Kier molecular flexibility index (Phi) is 5.71. The van der Waals surface area contributed by atoms with E-state index in [0.717, 1.165) is 0 Å². The Balaban J connectivity index is 2.24. The van der Waals surface area contributed by atoms with E-state index in [2.05, 4.69) is 5.16 Å². The highest BCUT2D eigenvalue weighted by Crippen LogP contribution is 2.26. The Hall–Kier alpha value is -1.95. The normalized spacial score (nSPS) is 11.2. The summed E-state index contributed by atoms with van der Waals surface area (Å²) in [6.07, 6.45) is 0. The van der Waals surface area contributed by atoms with Crippen molar-refractivity contribution in [3.8, 4) is 5.75 Å². The van der Waals surface area contributed by atoms with Crippen LogP contribution in [0.1, 0.15) is 15.9 Å². The number of carbonyl (C=O) groups is 1. The molecule has 2 aromatic carbocycles. The van der Waals surface area contributed by atoms with Crippen LogP contribution in [0.25, 0.3) is 0 Å². The SMILES string of the molecule is COc1ccc(Cl)cc1/C(N)=N/OC(=O)c1cccc(Cl)c1Cl. The molecule has 0 unspecified atom stereocenters. The van der Waals surface area contributed by atoms with E-state index < -0.39 is 5.97 Å². The smallest absolute Gasteiger partial charge is 0.367 e. The Morgan fingerprint density at radius 2 is 1.87 bits per heavy atom. The van der Waals surface area contributed by atoms with Crippen molar-refractivity contribution in [3.05, 3.63) is 62.6 Å². The lowest BCUT2D eigenvalue weighted by Gasteiger charge is -2.08. The van der Waals surface area contributed by atoms with Gasteiger partial charge in [0, 0.05) is 5.02 Å². The molecule has 5 nitrogen and oxygen atoms in total. The number of hydrogen-bond donors (Lipinski definition) is 1. The number of amidine groups is 1. The lowest BCUT2D eigenvalue weighted by Crippen LogP contribution is -2.16. The number of methoxy groups -OCH3 is 1. The average Bonchev–Trinajstić information content (AvgIpc) is 2.54. The molecule has 0 aliphatic heterocycles. The molecule has 0 fully saturated rings. The standard InChI is InChI=1S/C15H11Cl3N2O3/c1-22-12-6-5-8(16)7-10(12)14(19)20-23-15(21)9-3-2-4-11(17)13(9)18/h2-7H,1H3,(H2,19,20). The second-order valence-corrected chi connectivity index (χ2v) is 5.52. The van der Waals surface area contributed by atoms with Crippen LogP contribution in [-0.4, -0.2) is 18.9 Å². The number of nitrogens with zero attached hydrogens (tertiary/aromatic N) is 1. The van der Waals surface area contributed by atoms with Crippen molar-refractivity contribution in [2.45, 2.75) is 0 Å². The van der Waals surface area contributed by atoms with Crippen molar-refractivity contribution in [1.82, 2.24) is 0 Å². The summed E-state index contributed by atoms with van der Waals surface area (Å²) in [4.78, 5) is 16.8. The summed E-state index contributed by atoms with van der Waals surface area (Å²) < 4.78 is 5.15. The van der Waals surface area contributed by atoms with Gasteiger partial charge in [0.15, 0.2) is 5.84 Å². The van der Waals surface area contributed by atoms with Crippen molar-refractivity contribution in [1.29, 1.82) is 0 Å². The van der Waals surface area contributed by atoms with E-state index in [1.807, 2.05) is 0 Å². The summed E-state index contributed by atoms with van der Waals surface area (Å²) in [5.74, 6) is -0.426. The van der Waals surface area contributed by atoms with Gasteiger partial charge in [0.25, 0.3) is 0 Å². The van der Waals surface area contributed by atoms with E-state index in [4.69, 9.17) is 50.1 Å². The Morgan fingerprint density at radius 1 is 1.13 bits per heavy atom. The van der Waals surface area contributed by atoms with Gasteiger partial charge in [-0.05, 0) is 30.3 Å². The highest BCUT2D eigenvalue weighted by atomic mass is 35.5. The summed E-state index contributed by atoms with van der Waals surface area (Å²) in [7, 11) is 1.47. The summed E-state index contributed by atoms with van der Waals surface area (Å²) in [5, 5.41) is 4.34. The van der Waals surface area contributed by atoms with Crippen molar-refractivity contribution in [2.75, 3.05) is 7.11 Å². The van der Waals surface area contributed by atoms with Crippen LogP contribution in [0.3, 0.4) is 0 Å².